The zero-order chi connectivity index (χ0) is 10.8. The molecule has 2 rings (SSSR count). The van der Waals surface area contributed by atoms with Crippen LogP contribution in [-0.4, -0.2) is 10.1 Å². The minimum Gasteiger partial charge on any atom is -0.334 e. The molecule has 3 nitrogen and oxygen atoms in total. The number of aromatic nitrogens is 2. The molecular formula is C10H8BrClN2O. The van der Waals surface area contributed by atoms with Gasteiger partial charge in [-0.1, -0.05) is 16.8 Å². The van der Waals surface area contributed by atoms with Crippen molar-refractivity contribution in [2.45, 2.75) is 12.8 Å². The Balaban J connectivity index is 2.48. The van der Waals surface area contributed by atoms with Gasteiger partial charge >= 0.3 is 0 Å². The van der Waals surface area contributed by atoms with Crippen molar-refractivity contribution in [3.63, 3.8) is 0 Å². The van der Waals surface area contributed by atoms with Gasteiger partial charge < -0.3 is 4.52 Å². The van der Waals surface area contributed by atoms with Crippen molar-refractivity contribution >= 4 is 27.5 Å². The third-order valence-electron chi connectivity index (χ3n) is 1.94. The number of rotatable bonds is 2. The van der Waals surface area contributed by atoms with E-state index in [1.54, 1.807) is 0 Å². The summed E-state index contributed by atoms with van der Waals surface area (Å²) < 4.78 is 6.03. The van der Waals surface area contributed by atoms with E-state index in [1.807, 2.05) is 25.1 Å². The molecule has 0 unspecified atom stereocenters. The average molecular weight is 288 g/mol. The number of hydrogen-bond donors (Lipinski definition) is 0. The smallest absolute Gasteiger partial charge is 0.259 e. The lowest BCUT2D eigenvalue weighted by Crippen LogP contribution is -1.83. The molecule has 0 atom stereocenters. The van der Waals surface area contributed by atoms with Crippen LogP contribution in [0, 0.1) is 6.92 Å². The second-order valence-corrected chi connectivity index (χ2v) is 4.25. The van der Waals surface area contributed by atoms with Crippen LogP contribution in [0.5, 0.6) is 0 Å². The van der Waals surface area contributed by atoms with Crippen LogP contribution < -0.4 is 0 Å². The number of alkyl halides is 1. The summed E-state index contributed by atoms with van der Waals surface area (Å²) in [5.74, 6) is 1.24. The molecule has 0 saturated carbocycles. The number of halogens is 2. The predicted molar refractivity (Wildman–Crippen MR) is 61.7 cm³/mol. The Morgan fingerprint density at radius 2 is 2.27 bits per heavy atom. The highest BCUT2D eigenvalue weighted by Gasteiger charge is 2.11. The van der Waals surface area contributed by atoms with Crippen LogP contribution in [0.25, 0.3) is 11.5 Å². The lowest BCUT2D eigenvalue weighted by Gasteiger charge is -1.99. The summed E-state index contributed by atoms with van der Waals surface area (Å²) >= 11 is 9.04. The Hall–Kier alpha value is -0.870. The molecule has 5 heteroatoms. The van der Waals surface area contributed by atoms with Gasteiger partial charge in [-0.2, -0.15) is 4.98 Å². The van der Waals surface area contributed by atoms with Gasteiger partial charge in [0, 0.05) is 4.47 Å². The summed E-state index contributed by atoms with van der Waals surface area (Å²) in [6, 6.07) is 5.94. The van der Waals surface area contributed by atoms with Crippen LogP contribution in [0.4, 0.5) is 0 Å². The van der Waals surface area contributed by atoms with E-state index in [1.165, 1.54) is 0 Å². The summed E-state index contributed by atoms with van der Waals surface area (Å²) in [5.41, 5.74) is 2.03. The molecule has 0 amide bonds. The van der Waals surface area contributed by atoms with Crippen LogP contribution in [0.2, 0.25) is 0 Å². The standard InChI is InChI=1S/C10H8BrClN2O/c1-6-2-3-8(11)7(4-6)10-13-9(5-12)14-15-10/h2-4H,5H2,1H3. The lowest BCUT2D eigenvalue weighted by molar-refractivity contribution is 0.425. The van der Waals surface area contributed by atoms with Gasteiger partial charge in [-0.25, -0.2) is 0 Å². The number of nitrogens with zero attached hydrogens (tertiary/aromatic N) is 2. The predicted octanol–water partition coefficient (Wildman–Crippen LogP) is 3.55. The highest BCUT2D eigenvalue weighted by Crippen LogP contribution is 2.27. The first-order chi connectivity index (χ1) is 7.20. The Labute approximate surface area is 101 Å². The zero-order valence-corrected chi connectivity index (χ0v) is 10.3. The van der Waals surface area contributed by atoms with Gasteiger partial charge in [0.15, 0.2) is 5.82 Å². The van der Waals surface area contributed by atoms with Crippen molar-refractivity contribution < 1.29 is 4.52 Å². The molecule has 0 N–H and O–H groups in total. The van der Waals surface area contributed by atoms with Crippen LogP contribution in [0.3, 0.4) is 0 Å². The molecule has 15 heavy (non-hydrogen) atoms. The second-order valence-electron chi connectivity index (χ2n) is 3.13. The quantitative estimate of drug-likeness (QED) is 0.793. The summed E-state index contributed by atoms with van der Waals surface area (Å²) in [4.78, 5) is 4.16. The number of hydrogen-bond acceptors (Lipinski definition) is 3. The zero-order valence-electron chi connectivity index (χ0n) is 8.00. The Bertz CT molecular complexity index is 484. The molecule has 0 saturated heterocycles. The molecule has 0 fully saturated rings. The van der Waals surface area contributed by atoms with Crippen molar-refractivity contribution in [2.24, 2.45) is 0 Å². The third kappa shape index (κ3) is 2.21. The lowest BCUT2D eigenvalue weighted by atomic mass is 10.1. The molecule has 0 radical (unpaired) electrons. The van der Waals surface area contributed by atoms with Crippen LogP contribution >= 0.6 is 27.5 Å². The van der Waals surface area contributed by atoms with Crippen molar-refractivity contribution in [1.29, 1.82) is 0 Å². The molecular weight excluding hydrogens is 279 g/mol. The Morgan fingerprint density at radius 3 is 2.93 bits per heavy atom. The van der Waals surface area contributed by atoms with Gasteiger partial charge in [-0.05, 0) is 35.0 Å². The maximum Gasteiger partial charge on any atom is 0.259 e. The topological polar surface area (TPSA) is 38.9 Å². The molecule has 0 aliphatic carbocycles. The van der Waals surface area contributed by atoms with E-state index in [0.717, 1.165) is 15.6 Å². The molecule has 1 aromatic carbocycles. The van der Waals surface area contributed by atoms with Crippen molar-refractivity contribution in [1.82, 2.24) is 10.1 Å². The summed E-state index contributed by atoms with van der Waals surface area (Å²) in [6.45, 7) is 2.01. The largest absolute Gasteiger partial charge is 0.334 e. The fraction of sp³-hybridized carbons (Fsp3) is 0.200. The second kappa shape index (κ2) is 4.33. The minimum absolute atomic E-state index is 0.257. The van der Waals surface area contributed by atoms with Crippen molar-refractivity contribution in [3.8, 4) is 11.5 Å². The summed E-state index contributed by atoms with van der Waals surface area (Å²) in [5, 5.41) is 3.74. The van der Waals surface area contributed by atoms with Crippen LogP contribution in [-0.2, 0) is 5.88 Å². The molecule has 1 heterocycles. The molecule has 2 aromatic rings. The molecule has 0 spiro atoms. The molecule has 0 aliphatic heterocycles. The maximum absolute atomic E-state index is 5.60. The Morgan fingerprint density at radius 1 is 1.47 bits per heavy atom. The highest BCUT2D eigenvalue weighted by atomic mass is 79.9. The van der Waals surface area contributed by atoms with Crippen molar-refractivity contribution in [2.75, 3.05) is 0 Å². The maximum atomic E-state index is 5.60. The van der Waals surface area contributed by atoms with E-state index < -0.39 is 0 Å². The monoisotopic (exact) mass is 286 g/mol. The van der Waals surface area contributed by atoms with Gasteiger partial charge in [0.05, 0.1) is 11.4 Å². The van der Waals surface area contributed by atoms with Gasteiger partial charge in [-0.15, -0.1) is 11.6 Å². The van der Waals surface area contributed by atoms with Crippen LogP contribution in [0.1, 0.15) is 11.4 Å². The van der Waals surface area contributed by atoms with E-state index in [-0.39, 0.29) is 5.88 Å². The summed E-state index contributed by atoms with van der Waals surface area (Å²) in [7, 11) is 0. The third-order valence-corrected chi connectivity index (χ3v) is 2.87. The normalized spacial score (nSPS) is 10.6. The van der Waals surface area contributed by atoms with E-state index in [2.05, 4.69) is 26.1 Å². The Kier molecular flexibility index (Phi) is 3.07. The van der Waals surface area contributed by atoms with E-state index >= 15 is 0 Å². The fourth-order valence-corrected chi connectivity index (χ4v) is 1.75. The van der Waals surface area contributed by atoms with Gasteiger partial charge in [0.25, 0.3) is 5.89 Å². The fourth-order valence-electron chi connectivity index (χ4n) is 1.22. The average Bonchev–Trinajstić information content (AvgIpc) is 2.70. The van der Waals surface area contributed by atoms with Gasteiger partial charge in [0.2, 0.25) is 0 Å². The molecule has 1 aromatic heterocycles. The molecule has 78 valence electrons. The van der Waals surface area contributed by atoms with Crippen molar-refractivity contribution in [3.05, 3.63) is 34.1 Å². The molecule has 0 aliphatic rings. The van der Waals surface area contributed by atoms with Gasteiger partial charge in [0.1, 0.15) is 0 Å². The summed E-state index contributed by atoms with van der Waals surface area (Å²) in [6.07, 6.45) is 0. The molecule has 0 bridgehead atoms. The highest BCUT2D eigenvalue weighted by molar-refractivity contribution is 9.10. The number of aryl methyl sites for hydroxylation is 1. The van der Waals surface area contributed by atoms with Crippen LogP contribution in [0.15, 0.2) is 27.2 Å². The van der Waals surface area contributed by atoms with Gasteiger partial charge in [-0.3, -0.25) is 0 Å². The first-order valence-electron chi connectivity index (χ1n) is 4.36. The minimum atomic E-state index is 0.257. The number of benzene rings is 1. The van der Waals surface area contributed by atoms with E-state index in [0.29, 0.717) is 11.7 Å². The first kappa shape index (κ1) is 10.6. The SMILES string of the molecule is Cc1ccc(Br)c(-c2nc(CCl)no2)c1. The van der Waals surface area contributed by atoms with E-state index in [9.17, 15) is 0 Å². The first-order valence-corrected chi connectivity index (χ1v) is 5.68. The van der Waals surface area contributed by atoms with E-state index in [4.69, 9.17) is 16.1 Å².